The average molecular weight is 467 g/mol. The number of amides is 1. The van der Waals surface area contributed by atoms with Crippen molar-refractivity contribution < 1.29 is 18.0 Å². The standard InChI is InChI=1S/C26H24F3N3O2/c27-18-5-4-14(12-2-1-3-13(12)18)22-15-6-8-26(28,29)17(15)10-16(22)20-11-21(33)23-19(32-20)7-9-31-24(23)25(30)34/h4-5,7,9,11,15-17,22H,1-3,6,8,10H2,(H2,30,34)(H,32,33)/t15?,16?,17?,22-/m1/s1. The molecule has 176 valence electrons. The molecule has 3 aliphatic carbocycles. The number of carbonyl (C=O) groups excluding carboxylic acids is 1. The van der Waals surface area contributed by atoms with Crippen LogP contribution in [-0.2, 0) is 12.8 Å². The fourth-order valence-electron chi connectivity index (χ4n) is 6.93. The number of alkyl halides is 2. The first-order valence-corrected chi connectivity index (χ1v) is 11.8. The van der Waals surface area contributed by atoms with Gasteiger partial charge in [0.1, 0.15) is 11.5 Å². The number of hydrogen-bond acceptors (Lipinski definition) is 3. The summed E-state index contributed by atoms with van der Waals surface area (Å²) in [5.41, 5.74) is 8.42. The number of H-pyrrole nitrogens is 1. The molecule has 8 heteroatoms. The molecule has 3 aromatic rings. The van der Waals surface area contributed by atoms with Crippen LogP contribution in [0.2, 0.25) is 0 Å². The normalized spacial score (nSPS) is 27.1. The minimum atomic E-state index is -2.76. The predicted molar refractivity (Wildman–Crippen MR) is 121 cm³/mol. The number of halogens is 3. The molecule has 2 heterocycles. The summed E-state index contributed by atoms with van der Waals surface area (Å²) in [5.74, 6) is -5.42. The van der Waals surface area contributed by atoms with Crippen LogP contribution in [0.3, 0.4) is 0 Å². The molecule has 0 spiro atoms. The first kappa shape index (κ1) is 21.4. The molecule has 0 aliphatic heterocycles. The summed E-state index contributed by atoms with van der Waals surface area (Å²) < 4.78 is 44.3. The Morgan fingerprint density at radius 3 is 2.76 bits per heavy atom. The van der Waals surface area contributed by atoms with Crippen molar-refractivity contribution in [1.82, 2.24) is 9.97 Å². The van der Waals surface area contributed by atoms with Crippen molar-refractivity contribution in [2.75, 3.05) is 0 Å². The highest BCUT2D eigenvalue weighted by Crippen LogP contribution is 2.63. The Morgan fingerprint density at radius 2 is 1.97 bits per heavy atom. The quantitative estimate of drug-likeness (QED) is 0.591. The molecule has 5 nitrogen and oxygen atoms in total. The van der Waals surface area contributed by atoms with E-state index in [1.54, 1.807) is 12.1 Å². The van der Waals surface area contributed by atoms with Gasteiger partial charge in [-0.3, -0.25) is 14.6 Å². The summed E-state index contributed by atoms with van der Waals surface area (Å²) in [4.78, 5) is 32.0. The van der Waals surface area contributed by atoms with Gasteiger partial charge < -0.3 is 10.7 Å². The van der Waals surface area contributed by atoms with E-state index in [0.717, 1.165) is 24.0 Å². The number of nitrogens with one attached hydrogen (secondary N) is 1. The van der Waals surface area contributed by atoms with Gasteiger partial charge in [-0.2, -0.15) is 0 Å². The number of primary amides is 1. The van der Waals surface area contributed by atoms with Gasteiger partial charge in [-0.15, -0.1) is 0 Å². The Morgan fingerprint density at radius 1 is 1.18 bits per heavy atom. The minimum Gasteiger partial charge on any atom is -0.364 e. The number of aromatic nitrogens is 2. The molecule has 2 aromatic heterocycles. The van der Waals surface area contributed by atoms with Gasteiger partial charge in [0.2, 0.25) is 0 Å². The van der Waals surface area contributed by atoms with Crippen LogP contribution in [0.4, 0.5) is 13.2 Å². The maximum atomic E-state index is 14.9. The van der Waals surface area contributed by atoms with Gasteiger partial charge in [0, 0.05) is 36.2 Å². The molecule has 3 aliphatic rings. The highest BCUT2D eigenvalue weighted by molar-refractivity contribution is 6.03. The molecule has 1 amide bonds. The van der Waals surface area contributed by atoms with Crippen molar-refractivity contribution in [1.29, 1.82) is 0 Å². The van der Waals surface area contributed by atoms with Crippen molar-refractivity contribution >= 4 is 16.8 Å². The maximum Gasteiger partial charge on any atom is 0.268 e. The number of hydrogen-bond donors (Lipinski definition) is 2. The van der Waals surface area contributed by atoms with Crippen LogP contribution in [0.5, 0.6) is 0 Å². The molecular weight excluding hydrogens is 443 g/mol. The Kier molecular flexibility index (Phi) is 4.66. The number of benzene rings is 1. The molecular formula is C26H24F3N3O2. The second kappa shape index (κ2) is 7.42. The van der Waals surface area contributed by atoms with E-state index in [9.17, 15) is 22.8 Å². The SMILES string of the molecule is NC(=O)c1nccc2[nH]c(C3CC4C(CCC4(F)F)[C@H]3c3ccc(F)c4c3CCC4)cc(=O)c12. The summed E-state index contributed by atoms with van der Waals surface area (Å²) in [6.45, 7) is 0. The zero-order chi connectivity index (χ0) is 23.8. The third-order valence-corrected chi connectivity index (χ3v) is 8.29. The van der Waals surface area contributed by atoms with E-state index in [-0.39, 0.29) is 47.5 Å². The molecule has 3 unspecified atom stereocenters. The molecule has 1 aromatic carbocycles. The van der Waals surface area contributed by atoms with Crippen molar-refractivity contribution in [3.8, 4) is 0 Å². The third-order valence-electron chi connectivity index (χ3n) is 8.29. The largest absolute Gasteiger partial charge is 0.364 e. The molecule has 0 radical (unpaired) electrons. The Labute approximate surface area is 193 Å². The number of carbonyl (C=O) groups is 1. The number of nitrogens with zero attached hydrogens (tertiary/aromatic N) is 1. The lowest BCUT2D eigenvalue weighted by Gasteiger charge is -2.27. The van der Waals surface area contributed by atoms with Crippen LogP contribution in [0.15, 0.2) is 35.3 Å². The van der Waals surface area contributed by atoms with Gasteiger partial charge in [-0.05, 0) is 72.8 Å². The molecule has 4 atom stereocenters. The second-order valence-corrected chi connectivity index (χ2v) is 9.92. The summed E-state index contributed by atoms with van der Waals surface area (Å²) in [6.07, 6.45) is 4.14. The molecule has 2 saturated carbocycles. The van der Waals surface area contributed by atoms with Crippen LogP contribution < -0.4 is 11.2 Å². The van der Waals surface area contributed by atoms with Crippen LogP contribution >= 0.6 is 0 Å². The highest BCUT2D eigenvalue weighted by Gasteiger charge is 2.59. The van der Waals surface area contributed by atoms with Gasteiger partial charge in [-0.25, -0.2) is 13.2 Å². The van der Waals surface area contributed by atoms with Crippen molar-refractivity contribution in [2.24, 2.45) is 17.6 Å². The summed E-state index contributed by atoms with van der Waals surface area (Å²) in [6, 6.07) is 6.22. The number of rotatable bonds is 3. The first-order valence-electron chi connectivity index (χ1n) is 11.8. The van der Waals surface area contributed by atoms with Crippen LogP contribution in [0.1, 0.15) is 70.4 Å². The molecule has 6 rings (SSSR count). The van der Waals surface area contributed by atoms with Crippen molar-refractivity contribution in [3.05, 3.63) is 74.6 Å². The summed E-state index contributed by atoms with van der Waals surface area (Å²) in [5, 5.41) is 0.0986. The van der Waals surface area contributed by atoms with E-state index >= 15 is 0 Å². The lowest BCUT2D eigenvalue weighted by atomic mass is 9.78. The van der Waals surface area contributed by atoms with Gasteiger partial charge in [0.05, 0.1) is 10.9 Å². The van der Waals surface area contributed by atoms with Crippen LogP contribution in [0, 0.1) is 17.7 Å². The monoisotopic (exact) mass is 467 g/mol. The molecule has 2 fully saturated rings. The van der Waals surface area contributed by atoms with E-state index in [1.165, 1.54) is 18.3 Å². The third kappa shape index (κ3) is 3.03. The first-order chi connectivity index (χ1) is 16.3. The molecule has 0 bridgehead atoms. The average Bonchev–Trinajstić information content (AvgIpc) is 3.50. The second-order valence-electron chi connectivity index (χ2n) is 9.92. The van der Waals surface area contributed by atoms with Crippen LogP contribution in [-0.4, -0.2) is 21.8 Å². The zero-order valence-corrected chi connectivity index (χ0v) is 18.4. The Bertz CT molecular complexity index is 1400. The van der Waals surface area contributed by atoms with Crippen LogP contribution in [0.25, 0.3) is 10.9 Å². The van der Waals surface area contributed by atoms with Crippen molar-refractivity contribution in [2.45, 2.75) is 56.3 Å². The van der Waals surface area contributed by atoms with Gasteiger partial charge in [0.15, 0.2) is 5.43 Å². The number of nitrogens with two attached hydrogens (primary N) is 1. The Balaban J connectivity index is 1.53. The van der Waals surface area contributed by atoms with Gasteiger partial charge in [-0.1, -0.05) is 6.07 Å². The van der Waals surface area contributed by atoms with E-state index < -0.39 is 23.2 Å². The molecule has 34 heavy (non-hydrogen) atoms. The number of pyridine rings is 2. The zero-order valence-electron chi connectivity index (χ0n) is 18.4. The van der Waals surface area contributed by atoms with Gasteiger partial charge >= 0.3 is 0 Å². The maximum absolute atomic E-state index is 14.9. The lowest BCUT2D eigenvalue weighted by molar-refractivity contribution is -0.0415. The highest BCUT2D eigenvalue weighted by atomic mass is 19.3. The summed E-state index contributed by atoms with van der Waals surface area (Å²) >= 11 is 0. The summed E-state index contributed by atoms with van der Waals surface area (Å²) in [7, 11) is 0. The fourth-order valence-corrected chi connectivity index (χ4v) is 6.93. The van der Waals surface area contributed by atoms with Crippen molar-refractivity contribution in [3.63, 3.8) is 0 Å². The lowest BCUT2D eigenvalue weighted by Crippen LogP contribution is -2.23. The Hall–Kier alpha value is -3.16. The van der Waals surface area contributed by atoms with Gasteiger partial charge in [0.25, 0.3) is 11.8 Å². The van der Waals surface area contributed by atoms with E-state index in [4.69, 9.17) is 5.73 Å². The van der Waals surface area contributed by atoms with E-state index in [1.807, 2.05) is 0 Å². The smallest absolute Gasteiger partial charge is 0.268 e. The fraction of sp³-hybridized carbons (Fsp3) is 0.423. The topological polar surface area (TPSA) is 88.8 Å². The minimum absolute atomic E-state index is 0.0986. The number of aromatic amines is 1. The molecule has 0 saturated heterocycles. The van der Waals surface area contributed by atoms with E-state index in [0.29, 0.717) is 29.6 Å². The predicted octanol–water partition coefficient (Wildman–Crippen LogP) is 4.58. The molecule has 3 N–H and O–H groups in total. The number of fused-ring (bicyclic) bond motifs is 3. The van der Waals surface area contributed by atoms with E-state index in [2.05, 4.69) is 9.97 Å².